The summed E-state index contributed by atoms with van der Waals surface area (Å²) < 4.78 is 9.90. The lowest BCUT2D eigenvalue weighted by molar-refractivity contribution is -0.142. The summed E-state index contributed by atoms with van der Waals surface area (Å²) in [4.78, 5) is 57.8. The summed E-state index contributed by atoms with van der Waals surface area (Å²) in [5.74, 6) is 1.01. The fourth-order valence-corrected chi connectivity index (χ4v) is 6.02. The fourth-order valence-electron chi connectivity index (χ4n) is 6.02. The molecule has 7 rings (SSSR count). The Morgan fingerprint density at radius 2 is 1.00 bits per heavy atom. The van der Waals surface area contributed by atoms with E-state index in [1.807, 2.05) is 133 Å². The van der Waals surface area contributed by atoms with Gasteiger partial charge in [-0.15, -0.1) is 0 Å². The largest absolute Gasteiger partial charge is 0.467 e. The number of benzene rings is 5. The highest BCUT2D eigenvalue weighted by Crippen LogP contribution is 2.22. The van der Waals surface area contributed by atoms with Crippen molar-refractivity contribution in [3.8, 4) is 28.3 Å². The van der Waals surface area contributed by atoms with Crippen LogP contribution in [0, 0.1) is 0 Å². The number of nitrogens with zero attached hydrogens (tertiary/aromatic N) is 5. The summed E-state index contributed by atoms with van der Waals surface area (Å²) in [6.07, 6.45) is 6.29. The first kappa shape index (κ1) is 42.5. The molecule has 2 heterocycles. The van der Waals surface area contributed by atoms with Gasteiger partial charge in [0, 0.05) is 41.7 Å². The van der Waals surface area contributed by atoms with Gasteiger partial charge in [0.2, 0.25) is 0 Å². The fraction of sp³-hybridized carbons (Fsp3) is 0.125. The zero-order chi connectivity index (χ0) is 42.7. The van der Waals surface area contributed by atoms with E-state index in [-0.39, 0.29) is 11.9 Å². The Balaban J connectivity index is 0.000000210. The maximum atomic E-state index is 12.3. The highest BCUT2D eigenvalue weighted by molar-refractivity contribution is 5.82. The van der Waals surface area contributed by atoms with Gasteiger partial charge in [0.15, 0.2) is 5.75 Å². The van der Waals surface area contributed by atoms with E-state index in [9.17, 15) is 14.4 Å². The van der Waals surface area contributed by atoms with Crippen LogP contribution in [0.5, 0.6) is 5.75 Å². The van der Waals surface area contributed by atoms with Crippen molar-refractivity contribution in [1.29, 1.82) is 0 Å². The second-order valence-corrected chi connectivity index (χ2v) is 13.4. The van der Waals surface area contributed by atoms with Crippen molar-refractivity contribution in [2.24, 2.45) is 5.16 Å². The molecule has 0 spiro atoms. The van der Waals surface area contributed by atoms with E-state index in [1.165, 1.54) is 26.9 Å². The van der Waals surface area contributed by atoms with Gasteiger partial charge in [-0.2, -0.15) is 0 Å². The van der Waals surface area contributed by atoms with Gasteiger partial charge in [-0.25, -0.2) is 29.5 Å². The van der Waals surface area contributed by atoms with Crippen LogP contribution in [-0.4, -0.2) is 70.7 Å². The Morgan fingerprint density at radius 1 is 0.574 bits per heavy atom. The van der Waals surface area contributed by atoms with Gasteiger partial charge < -0.3 is 24.9 Å². The molecule has 13 heteroatoms. The number of rotatable bonds is 16. The third-order valence-corrected chi connectivity index (χ3v) is 9.17. The van der Waals surface area contributed by atoms with Crippen LogP contribution in [0.1, 0.15) is 27.0 Å². The number of hydrogen-bond acceptors (Lipinski definition) is 13. The number of para-hydroxylation sites is 1. The number of carbonyl (C=O) groups is 3. The van der Waals surface area contributed by atoms with Crippen LogP contribution in [0.3, 0.4) is 0 Å². The molecule has 2 N–H and O–H groups in total. The lowest BCUT2D eigenvalue weighted by Gasteiger charge is -2.17. The number of aldehydes is 1. The number of carbonyl (C=O) groups excluding carboxylic acids is 3. The zero-order valence-corrected chi connectivity index (χ0v) is 33.5. The predicted octanol–water partition coefficient (Wildman–Crippen LogP) is 7.91. The van der Waals surface area contributed by atoms with Gasteiger partial charge >= 0.3 is 11.9 Å². The minimum absolute atomic E-state index is 0.356. The summed E-state index contributed by atoms with van der Waals surface area (Å²) in [6, 6.07) is 46.1. The molecule has 306 valence electrons. The third-order valence-electron chi connectivity index (χ3n) is 9.17. The molecular formula is C48H43N7O6. The molecular weight excluding hydrogens is 771 g/mol. The Labute approximate surface area is 353 Å². The summed E-state index contributed by atoms with van der Waals surface area (Å²) in [7, 11) is 2.74. The number of nitrogens with one attached hydrogen (secondary N) is 2. The number of anilines is 2. The van der Waals surface area contributed by atoms with Crippen molar-refractivity contribution in [1.82, 2.24) is 19.9 Å². The molecule has 5 aromatic carbocycles. The summed E-state index contributed by atoms with van der Waals surface area (Å²) in [5.41, 5.74) is 6.69. The molecule has 0 radical (unpaired) electrons. The van der Waals surface area contributed by atoms with E-state index in [0.29, 0.717) is 41.5 Å². The van der Waals surface area contributed by atoms with Crippen LogP contribution >= 0.6 is 0 Å². The minimum Gasteiger partial charge on any atom is -0.467 e. The first-order valence-electron chi connectivity index (χ1n) is 19.2. The van der Waals surface area contributed by atoms with Crippen LogP contribution in [0.15, 0.2) is 169 Å². The maximum Gasteiger partial charge on any atom is 0.328 e. The van der Waals surface area contributed by atoms with E-state index in [4.69, 9.17) is 14.3 Å². The summed E-state index contributed by atoms with van der Waals surface area (Å²) in [6.45, 7) is 0. The Bertz CT molecular complexity index is 2490. The highest BCUT2D eigenvalue weighted by atomic mass is 16.6. The SMILES string of the molecule is COC(=O)C(Cc1ccccc1)Nc1cc(-c2ccc(/C=N/Oc3ccccc3)cc2)ncn1.COC(=O)C(Cc1ccccc1)Nc1cc(-c2ccc(C=O)cc2)ncn1. The molecule has 0 saturated carbocycles. The Morgan fingerprint density at radius 3 is 1.43 bits per heavy atom. The standard InChI is InChI=1S/C27H24N4O3.C21H19N3O3/c1-33-27(32)25(16-20-8-4-2-5-9-20)31-26-17-24(28-19-29-26)22-14-12-21(13-15-22)18-30-34-23-10-6-3-7-11-23;1-27-21(26)19(11-15-5-3-2-4-6-15)24-20-12-18(22-14-23-20)17-9-7-16(13-25)8-10-17/h2-15,17-19,25H,16H2,1H3,(H,28,29,31);2-10,12-14,19H,11H2,1H3,(H,22,23,24)/b30-18+;. The first-order chi connectivity index (χ1) is 29.9. The van der Waals surface area contributed by atoms with Crippen molar-refractivity contribution < 1.29 is 28.7 Å². The topological polar surface area (TPSA) is 167 Å². The lowest BCUT2D eigenvalue weighted by atomic mass is 10.1. The molecule has 0 aliphatic heterocycles. The molecule has 7 aromatic rings. The van der Waals surface area contributed by atoms with Gasteiger partial charge in [0.1, 0.15) is 42.7 Å². The number of hydrogen-bond donors (Lipinski definition) is 2. The number of methoxy groups -OCH3 is 2. The lowest BCUT2D eigenvalue weighted by Crippen LogP contribution is -2.33. The maximum absolute atomic E-state index is 12.3. The molecule has 0 fully saturated rings. The summed E-state index contributed by atoms with van der Waals surface area (Å²) in [5, 5.41) is 10.3. The second kappa shape index (κ2) is 22.2. The van der Waals surface area contributed by atoms with Gasteiger partial charge in [0.25, 0.3) is 0 Å². The number of aromatic nitrogens is 4. The first-order valence-corrected chi connectivity index (χ1v) is 19.2. The molecule has 61 heavy (non-hydrogen) atoms. The molecule has 0 aliphatic rings. The number of ether oxygens (including phenoxy) is 2. The smallest absolute Gasteiger partial charge is 0.328 e. The Hall–Kier alpha value is -8.06. The third kappa shape index (κ3) is 13.0. The Kier molecular flexibility index (Phi) is 15.5. The molecule has 0 aliphatic carbocycles. The summed E-state index contributed by atoms with van der Waals surface area (Å²) >= 11 is 0. The van der Waals surface area contributed by atoms with Crippen molar-refractivity contribution in [3.05, 3.63) is 187 Å². The van der Waals surface area contributed by atoms with Gasteiger partial charge in [-0.1, -0.05) is 133 Å². The second-order valence-electron chi connectivity index (χ2n) is 13.4. The van der Waals surface area contributed by atoms with Crippen LogP contribution in [0.25, 0.3) is 22.5 Å². The van der Waals surface area contributed by atoms with Crippen LogP contribution < -0.4 is 15.5 Å². The van der Waals surface area contributed by atoms with Crippen molar-refractivity contribution in [3.63, 3.8) is 0 Å². The van der Waals surface area contributed by atoms with Crippen molar-refractivity contribution in [2.45, 2.75) is 24.9 Å². The monoisotopic (exact) mass is 813 g/mol. The molecule has 2 atom stereocenters. The number of oxime groups is 1. The molecule has 2 aromatic heterocycles. The predicted molar refractivity (Wildman–Crippen MR) is 234 cm³/mol. The molecule has 0 saturated heterocycles. The van der Waals surface area contributed by atoms with Crippen LogP contribution in [0.4, 0.5) is 11.6 Å². The van der Waals surface area contributed by atoms with E-state index in [0.717, 1.165) is 39.8 Å². The zero-order valence-electron chi connectivity index (χ0n) is 33.5. The van der Waals surface area contributed by atoms with Crippen LogP contribution in [0.2, 0.25) is 0 Å². The number of esters is 2. The normalized spacial score (nSPS) is 11.6. The van der Waals surface area contributed by atoms with E-state index in [2.05, 4.69) is 35.7 Å². The minimum atomic E-state index is -0.572. The molecule has 13 nitrogen and oxygen atoms in total. The van der Waals surface area contributed by atoms with Crippen molar-refractivity contribution >= 4 is 36.1 Å². The van der Waals surface area contributed by atoms with E-state index in [1.54, 1.807) is 24.4 Å². The molecule has 0 amide bonds. The van der Waals surface area contributed by atoms with Gasteiger partial charge in [0.05, 0.1) is 31.8 Å². The van der Waals surface area contributed by atoms with Crippen LogP contribution in [-0.2, 0) is 31.9 Å². The molecule has 0 bridgehead atoms. The average Bonchev–Trinajstić information content (AvgIpc) is 3.32. The van der Waals surface area contributed by atoms with Crippen molar-refractivity contribution in [2.75, 3.05) is 24.9 Å². The quantitative estimate of drug-likeness (QED) is 0.0420. The van der Waals surface area contributed by atoms with E-state index >= 15 is 0 Å². The van der Waals surface area contributed by atoms with Gasteiger partial charge in [-0.3, -0.25) is 4.79 Å². The molecule has 2 unspecified atom stereocenters. The van der Waals surface area contributed by atoms with E-state index < -0.39 is 12.1 Å². The highest BCUT2D eigenvalue weighted by Gasteiger charge is 2.22. The average molecular weight is 814 g/mol. The van der Waals surface area contributed by atoms with Gasteiger partial charge in [-0.05, 0) is 28.8 Å².